The van der Waals surface area contributed by atoms with Crippen LogP contribution in [0.5, 0.6) is 0 Å². The number of aromatic nitrogens is 1. The normalized spacial score (nSPS) is 17.5. The van der Waals surface area contributed by atoms with Crippen molar-refractivity contribution in [3.05, 3.63) is 67.8 Å². The first kappa shape index (κ1) is 22.3. The zero-order chi connectivity index (χ0) is 22.8. The van der Waals surface area contributed by atoms with E-state index < -0.39 is 0 Å². The van der Waals surface area contributed by atoms with Gasteiger partial charge in [-0.25, -0.2) is 0 Å². The summed E-state index contributed by atoms with van der Waals surface area (Å²) in [6, 6.07) is 12.0. The second kappa shape index (κ2) is 9.31. The third-order valence-electron chi connectivity index (χ3n) is 5.99. The number of hydrogen-bond acceptors (Lipinski definition) is 6. The summed E-state index contributed by atoms with van der Waals surface area (Å²) in [4.78, 5) is 30.3. The lowest BCUT2D eigenvalue weighted by atomic mass is 10.0. The highest BCUT2D eigenvalue weighted by molar-refractivity contribution is 8.26. The van der Waals surface area contributed by atoms with Crippen LogP contribution in [0.2, 0.25) is 0 Å². The fraction of sp³-hybridized carbons (Fsp3) is 0.333. The van der Waals surface area contributed by atoms with E-state index in [9.17, 15) is 14.9 Å². The van der Waals surface area contributed by atoms with Crippen molar-refractivity contribution in [2.24, 2.45) is 7.05 Å². The summed E-state index contributed by atoms with van der Waals surface area (Å²) >= 11 is 6.78. The lowest BCUT2D eigenvalue weighted by Crippen LogP contribution is -2.31. The number of benzene rings is 1. The third kappa shape index (κ3) is 4.10. The Balaban J connectivity index is 1.71. The highest BCUT2D eigenvalue weighted by Gasteiger charge is 2.33. The van der Waals surface area contributed by atoms with Gasteiger partial charge in [0.1, 0.15) is 21.8 Å². The van der Waals surface area contributed by atoms with Crippen molar-refractivity contribution in [1.29, 1.82) is 5.26 Å². The van der Waals surface area contributed by atoms with Crippen LogP contribution in [0.25, 0.3) is 6.08 Å². The molecule has 2 aliphatic heterocycles. The molecule has 0 unspecified atom stereocenters. The standard InChI is InChI=1S/C24H24N4O2S2/c1-16-18(21(27-11-6-7-12-27)26(2)22(29)19(16)15-25)14-20-23(30)28(24(31)32-20)13-10-17-8-4-3-5-9-17/h3-5,8-9,14H,6-7,10-13H2,1-2H3. The van der Waals surface area contributed by atoms with E-state index in [1.807, 2.05) is 42.5 Å². The van der Waals surface area contributed by atoms with Crippen LogP contribution >= 0.6 is 24.0 Å². The van der Waals surface area contributed by atoms with Gasteiger partial charge in [0, 0.05) is 32.2 Å². The van der Waals surface area contributed by atoms with Gasteiger partial charge in [-0.05, 0) is 43.4 Å². The van der Waals surface area contributed by atoms with Crippen LogP contribution in [-0.4, -0.2) is 39.3 Å². The number of thiocarbonyl (C=S) groups is 1. The van der Waals surface area contributed by atoms with Crippen molar-refractivity contribution in [2.75, 3.05) is 24.5 Å². The van der Waals surface area contributed by atoms with E-state index in [4.69, 9.17) is 12.2 Å². The van der Waals surface area contributed by atoms with Crippen LogP contribution < -0.4 is 10.5 Å². The highest BCUT2D eigenvalue weighted by atomic mass is 32.2. The lowest BCUT2D eigenvalue weighted by Gasteiger charge is -2.25. The zero-order valence-corrected chi connectivity index (χ0v) is 19.8. The summed E-state index contributed by atoms with van der Waals surface area (Å²) in [5.41, 5.74) is 2.30. The molecule has 1 aromatic heterocycles. The molecule has 0 saturated carbocycles. The summed E-state index contributed by atoms with van der Waals surface area (Å²) < 4.78 is 2.07. The summed E-state index contributed by atoms with van der Waals surface area (Å²) in [7, 11) is 1.69. The summed E-state index contributed by atoms with van der Waals surface area (Å²) in [5.74, 6) is 0.633. The maximum atomic E-state index is 13.2. The van der Waals surface area contributed by atoms with Gasteiger partial charge >= 0.3 is 0 Å². The van der Waals surface area contributed by atoms with Crippen LogP contribution in [0.3, 0.4) is 0 Å². The van der Waals surface area contributed by atoms with Crippen LogP contribution in [0.1, 0.15) is 35.1 Å². The fourth-order valence-electron chi connectivity index (χ4n) is 4.23. The Morgan fingerprint density at radius 3 is 2.53 bits per heavy atom. The van der Waals surface area contributed by atoms with Gasteiger partial charge in [0.25, 0.3) is 11.5 Å². The van der Waals surface area contributed by atoms with E-state index in [0.29, 0.717) is 21.3 Å². The summed E-state index contributed by atoms with van der Waals surface area (Å²) in [6.07, 6.45) is 4.63. The topological polar surface area (TPSA) is 69.3 Å². The van der Waals surface area contributed by atoms with E-state index in [0.717, 1.165) is 49.3 Å². The Bertz CT molecular complexity index is 1210. The molecule has 4 rings (SSSR count). The molecule has 8 heteroatoms. The number of pyridine rings is 1. The van der Waals surface area contributed by atoms with Gasteiger partial charge in [0.2, 0.25) is 0 Å². The molecular formula is C24H24N4O2S2. The summed E-state index contributed by atoms with van der Waals surface area (Å²) in [5, 5.41) is 9.58. The second-order valence-corrected chi connectivity index (χ2v) is 9.65. The van der Waals surface area contributed by atoms with Gasteiger partial charge in [-0.1, -0.05) is 54.3 Å². The molecular weight excluding hydrogens is 440 g/mol. The van der Waals surface area contributed by atoms with Crippen molar-refractivity contribution in [2.45, 2.75) is 26.2 Å². The molecule has 32 heavy (non-hydrogen) atoms. The van der Waals surface area contributed by atoms with E-state index in [1.165, 1.54) is 11.8 Å². The molecule has 3 heterocycles. The number of carbonyl (C=O) groups excluding carboxylic acids is 1. The molecule has 2 aliphatic rings. The maximum Gasteiger partial charge on any atom is 0.270 e. The second-order valence-electron chi connectivity index (χ2n) is 7.98. The van der Waals surface area contributed by atoms with Gasteiger partial charge in [-0.2, -0.15) is 5.26 Å². The Hall–Kier alpha value is -2.89. The Morgan fingerprint density at radius 2 is 1.88 bits per heavy atom. The Labute approximate surface area is 197 Å². The first-order chi connectivity index (χ1) is 15.4. The molecule has 1 aromatic carbocycles. The molecule has 164 valence electrons. The minimum Gasteiger partial charge on any atom is -0.357 e. The van der Waals surface area contributed by atoms with Crippen molar-refractivity contribution < 1.29 is 4.79 Å². The first-order valence-electron chi connectivity index (χ1n) is 10.6. The van der Waals surface area contributed by atoms with Crippen molar-refractivity contribution >= 4 is 46.1 Å². The maximum absolute atomic E-state index is 13.2. The molecule has 0 radical (unpaired) electrons. The number of carbonyl (C=O) groups is 1. The number of anilines is 1. The van der Waals surface area contributed by atoms with Crippen LogP contribution in [0, 0.1) is 18.3 Å². The smallest absolute Gasteiger partial charge is 0.270 e. The first-order valence-corrected chi connectivity index (χ1v) is 11.8. The van der Waals surface area contributed by atoms with E-state index in [-0.39, 0.29) is 17.0 Å². The van der Waals surface area contributed by atoms with Gasteiger partial charge in [-0.15, -0.1) is 0 Å². The van der Waals surface area contributed by atoms with E-state index in [2.05, 4.69) is 4.90 Å². The number of thioether (sulfide) groups is 1. The average molecular weight is 465 g/mol. The molecule has 2 fully saturated rings. The largest absolute Gasteiger partial charge is 0.357 e. The number of nitriles is 1. The van der Waals surface area contributed by atoms with E-state index in [1.54, 1.807) is 23.4 Å². The fourth-order valence-corrected chi connectivity index (χ4v) is 5.52. The average Bonchev–Trinajstić information content (AvgIpc) is 3.40. The quantitative estimate of drug-likeness (QED) is 0.497. The minimum absolute atomic E-state index is 0.112. The number of amides is 1. The number of hydrogen-bond donors (Lipinski definition) is 0. The van der Waals surface area contributed by atoms with Gasteiger partial charge in [0.05, 0.1) is 4.91 Å². The lowest BCUT2D eigenvalue weighted by molar-refractivity contribution is -0.122. The zero-order valence-electron chi connectivity index (χ0n) is 18.1. The third-order valence-corrected chi connectivity index (χ3v) is 7.37. The van der Waals surface area contributed by atoms with Crippen molar-refractivity contribution in [3.8, 4) is 6.07 Å². The van der Waals surface area contributed by atoms with Crippen LogP contribution in [0.15, 0.2) is 40.0 Å². The molecule has 0 aliphatic carbocycles. The molecule has 0 N–H and O–H groups in total. The molecule has 0 spiro atoms. The molecule has 2 saturated heterocycles. The molecule has 6 nitrogen and oxygen atoms in total. The Kier molecular flexibility index (Phi) is 6.49. The monoisotopic (exact) mass is 464 g/mol. The van der Waals surface area contributed by atoms with E-state index >= 15 is 0 Å². The van der Waals surface area contributed by atoms with Crippen molar-refractivity contribution in [3.63, 3.8) is 0 Å². The molecule has 2 aromatic rings. The van der Waals surface area contributed by atoms with Gasteiger partial charge in [0.15, 0.2) is 0 Å². The highest BCUT2D eigenvalue weighted by Crippen LogP contribution is 2.36. The molecule has 0 atom stereocenters. The predicted molar refractivity (Wildman–Crippen MR) is 133 cm³/mol. The Morgan fingerprint density at radius 1 is 1.19 bits per heavy atom. The number of rotatable bonds is 5. The van der Waals surface area contributed by atoms with Crippen LogP contribution in [0.4, 0.5) is 5.82 Å². The summed E-state index contributed by atoms with van der Waals surface area (Å²) in [6.45, 7) is 3.98. The van der Waals surface area contributed by atoms with Gasteiger partial charge in [-0.3, -0.25) is 19.1 Å². The SMILES string of the molecule is Cc1c(C=C2SC(=S)N(CCc3ccccc3)C2=O)c(N2CCCC2)n(C)c(=O)c1C#N. The van der Waals surface area contributed by atoms with Crippen LogP contribution in [-0.2, 0) is 18.3 Å². The number of nitrogens with zero attached hydrogens (tertiary/aromatic N) is 4. The van der Waals surface area contributed by atoms with Gasteiger partial charge < -0.3 is 4.90 Å². The molecule has 1 amide bonds. The molecule has 0 bridgehead atoms. The van der Waals surface area contributed by atoms with Crippen molar-refractivity contribution in [1.82, 2.24) is 9.47 Å². The minimum atomic E-state index is -0.306. The predicted octanol–water partition coefficient (Wildman–Crippen LogP) is 3.61.